The minimum atomic E-state index is 0.106. The first-order chi connectivity index (χ1) is 10.4. The van der Waals surface area contributed by atoms with Crippen LogP contribution in [0, 0.1) is 17.3 Å². The van der Waals surface area contributed by atoms with Gasteiger partial charge in [0.1, 0.15) is 0 Å². The van der Waals surface area contributed by atoms with Crippen LogP contribution in [0.1, 0.15) is 52.1 Å². The smallest absolute Gasteiger partial charge is 0.226 e. The monoisotopic (exact) mass is 301 g/mol. The molecule has 1 aliphatic carbocycles. The average Bonchev–Trinajstić information content (AvgIpc) is 2.87. The van der Waals surface area contributed by atoms with Gasteiger partial charge in [0.05, 0.1) is 5.92 Å². The molecular weight excluding hydrogens is 274 g/mol. The number of H-pyrrole nitrogens is 1. The van der Waals surface area contributed by atoms with Crippen LogP contribution in [0.3, 0.4) is 0 Å². The second kappa shape index (κ2) is 5.56. The van der Waals surface area contributed by atoms with Crippen molar-refractivity contribution in [3.05, 3.63) is 29.6 Å². The molecule has 2 fully saturated rings. The summed E-state index contributed by atoms with van der Waals surface area (Å²) in [6.07, 6.45) is 6.29. The third-order valence-corrected chi connectivity index (χ3v) is 5.38. The van der Waals surface area contributed by atoms with Crippen molar-refractivity contribution in [2.75, 3.05) is 13.1 Å². The molecule has 120 valence electrons. The van der Waals surface area contributed by atoms with Crippen LogP contribution in [0.5, 0.6) is 0 Å². The van der Waals surface area contributed by atoms with E-state index in [1.54, 1.807) is 6.20 Å². The van der Waals surface area contributed by atoms with E-state index in [4.69, 9.17) is 0 Å². The SMILES string of the molecule is CC(C)=CC1C(C(=O)N2CCCC(c3ccn[nH]3)C2)C1(C)C. The van der Waals surface area contributed by atoms with E-state index in [1.807, 2.05) is 6.07 Å². The van der Waals surface area contributed by atoms with Crippen LogP contribution in [0.2, 0.25) is 0 Å². The topological polar surface area (TPSA) is 49.0 Å². The molecule has 0 bridgehead atoms. The molecule has 1 aromatic rings. The highest BCUT2D eigenvalue weighted by Crippen LogP contribution is 2.60. The first-order valence-corrected chi connectivity index (χ1v) is 8.34. The summed E-state index contributed by atoms with van der Waals surface area (Å²) in [5.41, 5.74) is 2.57. The van der Waals surface area contributed by atoms with Crippen LogP contribution < -0.4 is 0 Å². The Labute approximate surface area is 133 Å². The lowest BCUT2D eigenvalue weighted by molar-refractivity contribution is -0.134. The first-order valence-electron chi connectivity index (χ1n) is 8.34. The highest BCUT2D eigenvalue weighted by molar-refractivity contribution is 5.84. The summed E-state index contributed by atoms with van der Waals surface area (Å²) in [6.45, 7) is 10.4. The number of hydrogen-bond donors (Lipinski definition) is 1. The van der Waals surface area contributed by atoms with Crippen molar-refractivity contribution < 1.29 is 4.79 Å². The molecule has 3 atom stereocenters. The van der Waals surface area contributed by atoms with E-state index in [2.05, 4.69) is 48.9 Å². The fraction of sp³-hybridized carbons (Fsp3) is 0.667. The van der Waals surface area contributed by atoms with E-state index in [-0.39, 0.29) is 11.3 Å². The van der Waals surface area contributed by atoms with Crippen molar-refractivity contribution >= 4 is 5.91 Å². The van der Waals surface area contributed by atoms with E-state index >= 15 is 0 Å². The summed E-state index contributed by atoms with van der Waals surface area (Å²) in [5.74, 6) is 1.31. The van der Waals surface area contributed by atoms with Crippen molar-refractivity contribution in [1.29, 1.82) is 0 Å². The zero-order chi connectivity index (χ0) is 15.9. The van der Waals surface area contributed by atoms with E-state index < -0.39 is 0 Å². The molecule has 0 spiro atoms. The number of carbonyl (C=O) groups excluding carboxylic acids is 1. The maximum Gasteiger partial charge on any atom is 0.226 e. The van der Waals surface area contributed by atoms with E-state index in [0.717, 1.165) is 31.6 Å². The number of nitrogens with zero attached hydrogens (tertiary/aromatic N) is 2. The molecule has 0 aromatic carbocycles. The third-order valence-electron chi connectivity index (χ3n) is 5.38. The number of aromatic amines is 1. The van der Waals surface area contributed by atoms with Crippen molar-refractivity contribution in [3.63, 3.8) is 0 Å². The highest BCUT2D eigenvalue weighted by Gasteiger charge is 2.61. The summed E-state index contributed by atoms with van der Waals surface area (Å²) in [7, 11) is 0. The van der Waals surface area contributed by atoms with Gasteiger partial charge in [-0.15, -0.1) is 0 Å². The lowest BCUT2D eigenvalue weighted by Gasteiger charge is -2.32. The fourth-order valence-electron chi connectivity index (χ4n) is 3.94. The van der Waals surface area contributed by atoms with Gasteiger partial charge in [-0.05, 0) is 44.1 Å². The normalized spacial score (nSPS) is 30.0. The van der Waals surface area contributed by atoms with E-state index in [9.17, 15) is 4.79 Å². The van der Waals surface area contributed by atoms with Gasteiger partial charge < -0.3 is 4.90 Å². The fourth-order valence-corrected chi connectivity index (χ4v) is 3.94. The van der Waals surface area contributed by atoms with Gasteiger partial charge in [0.25, 0.3) is 0 Å². The Bertz CT molecular complexity index is 569. The van der Waals surface area contributed by atoms with Crippen molar-refractivity contribution in [1.82, 2.24) is 15.1 Å². The van der Waals surface area contributed by atoms with Gasteiger partial charge in [0.15, 0.2) is 0 Å². The van der Waals surface area contributed by atoms with Crippen LogP contribution in [-0.4, -0.2) is 34.1 Å². The molecule has 1 saturated carbocycles. The van der Waals surface area contributed by atoms with Gasteiger partial charge in [-0.25, -0.2) is 0 Å². The van der Waals surface area contributed by atoms with E-state index in [1.165, 1.54) is 5.57 Å². The van der Waals surface area contributed by atoms with Crippen molar-refractivity contribution in [3.8, 4) is 0 Å². The molecule has 4 nitrogen and oxygen atoms in total. The van der Waals surface area contributed by atoms with Crippen LogP contribution in [0.15, 0.2) is 23.9 Å². The Hall–Kier alpha value is -1.58. The minimum absolute atomic E-state index is 0.106. The summed E-state index contributed by atoms with van der Waals surface area (Å²) in [5, 5.41) is 7.11. The second-order valence-electron chi connectivity index (χ2n) is 7.70. The number of allylic oxidation sites excluding steroid dienone is 2. The summed E-state index contributed by atoms with van der Waals surface area (Å²) >= 11 is 0. The number of rotatable bonds is 3. The molecule has 2 heterocycles. The maximum absolute atomic E-state index is 13.0. The summed E-state index contributed by atoms with van der Waals surface area (Å²) in [4.78, 5) is 15.0. The molecule has 1 saturated heterocycles. The highest BCUT2D eigenvalue weighted by atomic mass is 16.2. The van der Waals surface area contributed by atoms with Gasteiger partial charge in [0.2, 0.25) is 5.91 Å². The number of piperidine rings is 1. The van der Waals surface area contributed by atoms with Gasteiger partial charge in [-0.3, -0.25) is 9.89 Å². The zero-order valence-corrected chi connectivity index (χ0v) is 14.1. The first kappa shape index (κ1) is 15.3. The Kier molecular flexibility index (Phi) is 3.87. The number of amides is 1. The molecular formula is C18H27N3O. The van der Waals surface area contributed by atoms with Gasteiger partial charge >= 0.3 is 0 Å². The lowest BCUT2D eigenvalue weighted by atomic mass is 9.94. The van der Waals surface area contributed by atoms with Crippen LogP contribution >= 0.6 is 0 Å². The molecule has 4 heteroatoms. The summed E-state index contributed by atoms with van der Waals surface area (Å²) in [6, 6.07) is 2.03. The quantitative estimate of drug-likeness (QED) is 0.870. The number of nitrogens with one attached hydrogen (secondary N) is 1. The third kappa shape index (κ3) is 2.71. The minimum Gasteiger partial charge on any atom is -0.342 e. The molecule has 1 amide bonds. The number of aromatic nitrogens is 2. The Morgan fingerprint density at radius 1 is 1.45 bits per heavy atom. The van der Waals surface area contributed by atoms with Crippen molar-refractivity contribution in [2.24, 2.45) is 17.3 Å². The molecule has 3 unspecified atom stereocenters. The Balaban J connectivity index is 1.69. The molecule has 2 aliphatic rings. The van der Waals surface area contributed by atoms with Gasteiger partial charge in [-0.2, -0.15) is 5.10 Å². The average molecular weight is 301 g/mol. The number of carbonyl (C=O) groups is 1. The molecule has 1 N–H and O–H groups in total. The molecule has 1 aromatic heterocycles. The predicted octanol–water partition coefficient (Wildman–Crippen LogP) is 3.35. The predicted molar refractivity (Wildman–Crippen MR) is 87.3 cm³/mol. The number of likely N-dealkylation sites (tertiary alicyclic amines) is 1. The zero-order valence-electron chi connectivity index (χ0n) is 14.1. The largest absolute Gasteiger partial charge is 0.342 e. The summed E-state index contributed by atoms with van der Waals surface area (Å²) < 4.78 is 0. The van der Waals surface area contributed by atoms with Crippen LogP contribution in [0.25, 0.3) is 0 Å². The molecule has 1 aliphatic heterocycles. The Morgan fingerprint density at radius 2 is 2.23 bits per heavy atom. The van der Waals surface area contributed by atoms with Crippen molar-refractivity contribution in [2.45, 2.75) is 46.5 Å². The van der Waals surface area contributed by atoms with Gasteiger partial charge in [0, 0.05) is 30.9 Å². The van der Waals surface area contributed by atoms with Gasteiger partial charge in [-0.1, -0.05) is 25.5 Å². The van der Waals surface area contributed by atoms with Crippen LogP contribution in [-0.2, 0) is 4.79 Å². The standard InChI is InChI=1S/C18H27N3O/c1-12(2)10-14-16(18(14,3)4)17(22)21-9-5-6-13(11-21)15-7-8-19-20-15/h7-8,10,13-14,16H,5-6,9,11H2,1-4H3,(H,19,20). The number of hydrogen-bond acceptors (Lipinski definition) is 2. The maximum atomic E-state index is 13.0. The van der Waals surface area contributed by atoms with E-state index in [0.29, 0.717) is 17.7 Å². The van der Waals surface area contributed by atoms with Crippen LogP contribution in [0.4, 0.5) is 0 Å². The molecule has 22 heavy (non-hydrogen) atoms. The second-order valence-corrected chi connectivity index (χ2v) is 7.70. The Morgan fingerprint density at radius 3 is 2.86 bits per heavy atom. The molecule has 0 radical (unpaired) electrons. The molecule has 3 rings (SSSR count). The lowest BCUT2D eigenvalue weighted by Crippen LogP contribution is -2.40.